The maximum atomic E-state index is 12.4. The van der Waals surface area contributed by atoms with Crippen molar-refractivity contribution in [3.8, 4) is 5.69 Å². The summed E-state index contributed by atoms with van der Waals surface area (Å²) in [6, 6.07) is 18.7. The standard InChI is InChI=1S/C25H29N3OS/c1-17-11-12-24(18(2)13-17)28-19(3)14-23(20(28)4)15-26-27-25(29)21(5)30-16-22-9-7-6-8-10-22/h6-15,21H,16H2,1-5H3,(H,27,29)/b26-15-/t21-/m0/s1. The first kappa shape index (κ1) is 21.9. The van der Waals surface area contributed by atoms with Crippen molar-refractivity contribution in [3.05, 3.63) is 88.2 Å². The van der Waals surface area contributed by atoms with Crippen molar-refractivity contribution < 1.29 is 4.79 Å². The van der Waals surface area contributed by atoms with Crippen LogP contribution >= 0.6 is 11.8 Å². The SMILES string of the molecule is Cc1ccc(-n2c(C)cc(/C=N\NC(=O)[C@H](C)SCc3ccccc3)c2C)c(C)c1. The second-order valence-electron chi connectivity index (χ2n) is 7.62. The number of hydrazone groups is 1. The molecule has 4 nitrogen and oxygen atoms in total. The van der Waals surface area contributed by atoms with Crippen molar-refractivity contribution in [1.82, 2.24) is 9.99 Å². The first-order valence-corrected chi connectivity index (χ1v) is 11.2. The minimum absolute atomic E-state index is 0.0876. The predicted molar refractivity (Wildman–Crippen MR) is 128 cm³/mol. The second-order valence-corrected chi connectivity index (χ2v) is 8.95. The van der Waals surface area contributed by atoms with E-state index in [0.29, 0.717) is 0 Å². The van der Waals surface area contributed by atoms with Crippen molar-refractivity contribution in [2.45, 2.75) is 45.6 Å². The Balaban J connectivity index is 1.64. The van der Waals surface area contributed by atoms with Crippen molar-refractivity contribution >= 4 is 23.9 Å². The summed E-state index contributed by atoms with van der Waals surface area (Å²) in [4.78, 5) is 12.4. The van der Waals surface area contributed by atoms with Crippen molar-refractivity contribution in [2.75, 3.05) is 0 Å². The molecule has 0 saturated heterocycles. The van der Waals surface area contributed by atoms with Gasteiger partial charge in [0, 0.05) is 28.4 Å². The average Bonchev–Trinajstić information content (AvgIpc) is 3.00. The molecule has 1 aromatic heterocycles. The molecule has 0 saturated carbocycles. The van der Waals surface area contributed by atoms with E-state index in [1.54, 1.807) is 18.0 Å². The number of carbonyl (C=O) groups excluding carboxylic acids is 1. The Morgan fingerprint density at radius 3 is 2.53 bits per heavy atom. The highest BCUT2D eigenvalue weighted by Crippen LogP contribution is 2.23. The number of hydrogen-bond acceptors (Lipinski definition) is 3. The van der Waals surface area contributed by atoms with E-state index in [1.807, 2.05) is 25.1 Å². The van der Waals surface area contributed by atoms with Gasteiger partial charge in [0.05, 0.1) is 11.5 Å². The van der Waals surface area contributed by atoms with E-state index in [4.69, 9.17) is 0 Å². The number of nitrogens with zero attached hydrogens (tertiary/aromatic N) is 2. The number of thioether (sulfide) groups is 1. The van der Waals surface area contributed by atoms with Crippen LogP contribution in [-0.2, 0) is 10.5 Å². The molecule has 2 aromatic carbocycles. The summed E-state index contributed by atoms with van der Waals surface area (Å²) < 4.78 is 2.23. The van der Waals surface area contributed by atoms with Gasteiger partial charge in [-0.3, -0.25) is 4.79 Å². The third-order valence-corrected chi connectivity index (χ3v) is 6.37. The number of benzene rings is 2. The highest BCUT2D eigenvalue weighted by molar-refractivity contribution is 7.99. The van der Waals surface area contributed by atoms with Crippen LogP contribution in [0.25, 0.3) is 5.69 Å². The number of amides is 1. The van der Waals surface area contributed by atoms with Gasteiger partial charge in [-0.15, -0.1) is 11.8 Å². The number of nitrogens with one attached hydrogen (secondary N) is 1. The lowest BCUT2D eigenvalue weighted by Crippen LogP contribution is -2.27. The van der Waals surface area contributed by atoms with Crippen LogP contribution in [0, 0.1) is 27.7 Å². The average molecular weight is 420 g/mol. The lowest BCUT2D eigenvalue weighted by molar-refractivity contribution is -0.120. The van der Waals surface area contributed by atoms with Crippen LogP contribution in [0.4, 0.5) is 0 Å². The van der Waals surface area contributed by atoms with Crippen LogP contribution in [0.3, 0.4) is 0 Å². The molecule has 1 amide bonds. The van der Waals surface area contributed by atoms with Gasteiger partial charge in [-0.1, -0.05) is 48.0 Å². The third kappa shape index (κ3) is 5.22. The Labute approximate surface area is 183 Å². The topological polar surface area (TPSA) is 46.4 Å². The minimum atomic E-state index is -0.176. The fourth-order valence-electron chi connectivity index (χ4n) is 3.47. The van der Waals surface area contributed by atoms with Crippen molar-refractivity contribution in [1.29, 1.82) is 0 Å². The van der Waals surface area contributed by atoms with E-state index >= 15 is 0 Å². The fraction of sp³-hybridized carbons (Fsp3) is 0.280. The van der Waals surface area contributed by atoms with Crippen LogP contribution in [0.1, 0.15) is 40.6 Å². The summed E-state index contributed by atoms with van der Waals surface area (Å²) in [7, 11) is 0. The molecule has 0 aliphatic carbocycles. The van der Waals surface area contributed by atoms with Crippen LogP contribution in [0.2, 0.25) is 0 Å². The molecule has 0 spiro atoms. The Kier molecular flexibility index (Phi) is 7.16. The Bertz CT molecular complexity index is 1050. The zero-order valence-corrected chi connectivity index (χ0v) is 19.1. The molecule has 30 heavy (non-hydrogen) atoms. The van der Waals surface area contributed by atoms with Gasteiger partial charge in [0.1, 0.15) is 0 Å². The van der Waals surface area contributed by atoms with Crippen LogP contribution in [0.5, 0.6) is 0 Å². The van der Waals surface area contributed by atoms with E-state index < -0.39 is 0 Å². The largest absolute Gasteiger partial charge is 0.318 e. The van der Waals surface area contributed by atoms with Crippen molar-refractivity contribution in [2.24, 2.45) is 5.10 Å². The van der Waals surface area contributed by atoms with Gasteiger partial charge < -0.3 is 4.57 Å². The van der Waals surface area contributed by atoms with Gasteiger partial charge in [-0.05, 0) is 57.9 Å². The Morgan fingerprint density at radius 1 is 1.10 bits per heavy atom. The van der Waals surface area contributed by atoms with E-state index in [1.165, 1.54) is 22.4 Å². The number of aromatic nitrogens is 1. The van der Waals surface area contributed by atoms with Gasteiger partial charge in [0.15, 0.2) is 0 Å². The van der Waals surface area contributed by atoms with E-state index in [2.05, 4.69) is 79.2 Å². The molecule has 0 fully saturated rings. The zero-order chi connectivity index (χ0) is 21.7. The first-order valence-electron chi connectivity index (χ1n) is 10.1. The molecular weight excluding hydrogens is 390 g/mol. The molecule has 3 aromatic rings. The normalized spacial score (nSPS) is 12.3. The number of aryl methyl sites for hydroxylation is 3. The maximum absolute atomic E-state index is 12.4. The molecule has 1 N–H and O–H groups in total. The fourth-order valence-corrected chi connectivity index (χ4v) is 4.31. The number of hydrogen-bond donors (Lipinski definition) is 1. The van der Waals surface area contributed by atoms with E-state index in [9.17, 15) is 4.79 Å². The molecule has 5 heteroatoms. The summed E-state index contributed by atoms with van der Waals surface area (Å²) in [6.45, 7) is 10.3. The molecule has 1 heterocycles. The summed E-state index contributed by atoms with van der Waals surface area (Å²) in [6.07, 6.45) is 1.73. The summed E-state index contributed by atoms with van der Waals surface area (Å²) in [5.74, 6) is 0.714. The maximum Gasteiger partial charge on any atom is 0.252 e. The van der Waals surface area contributed by atoms with E-state index in [0.717, 1.165) is 22.7 Å². The van der Waals surface area contributed by atoms with E-state index in [-0.39, 0.29) is 11.2 Å². The molecule has 0 radical (unpaired) electrons. The molecular formula is C25H29N3OS. The monoisotopic (exact) mass is 419 g/mol. The van der Waals surface area contributed by atoms with Gasteiger partial charge in [-0.2, -0.15) is 5.10 Å². The lowest BCUT2D eigenvalue weighted by atomic mass is 10.1. The lowest BCUT2D eigenvalue weighted by Gasteiger charge is -2.13. The summed E-state index contributed by atoms with van der Waals surface area (Å²) in [5.41, 5.74) is 10.8. The summed E-state index contributed by atoms with van der Waals surface area (Å²) >= 11 is 1.60. The van der Waals surface area contributed by atoms with Gasteiger partial charge in [-0.25, -0.2) is 5.43 Å². The molecule has 0 unspecified atom stereocenters. The molecule has 0 aliphatic heterocycles. The van der Waals surface area contributed by atoms with Crippen LogP contribution in [0.15, 0.2) is 59.7 Å². The predicted octanol–water partition coefficient (Wildman–Crippen LogP) is 5.48. The molecule has 0 bridgehead atoms. The molecule has 156 valence electrons. The van der Waals surface area contributed by atoms with Gasteiger partial charge in [0.2, 0.25) is 0 Å². The molecule has 1 atom stereocenters. The number of rotatable bonds is 7. The smallest absolute Gasteiger partial charge is 0.252 e. The van der Waals surface area contributed by atoms with Crippen molar-refractivity contribution in [3.63, 3.8) is 0 Å². The van der Waals surface area contributed by atoms with Gasteiger partial charge >= 0.3 is 0 Å². The Hall–Kier alpha value is -2.79. The quantitative estimate of drug-likeness (QED) is 0.407. The summed E-state index contributed by atoms with van der Waals surface area (Å²) in [5, 5.41) is 4.04. The van der Waals surface area contributed by atoms with Crippen LogP contribution in [-0.4, -0.2) is 21.9 Å². The Morgan fingerprint density at radius 2 is 1.83 bits per heavy atom. The highest BCUT2D eigenvalue weighted by Gasteiger charge is 2.14. The van der Waals surface area contributed by atoms with Gasteiger partial charge in [0.25, 0.3) is 5.91 Å². The van der Waals surface area contributed by atoms with Crippen LogP contribution < -0.4 is 5.43 Å². The minimum Gasteiger partial charge on any atom is -0.318 e. The molecule has 3 rings (SSSR count). The first-order chi connectivity index (χ1) is 14.4. The second kappa shape index (κ2) is 9.81. The third-order valence-electron chi connectivity index (χ3n) is 5.15. The molecule has 0 aliphatic rings. The highest BCUT2D eigenvalue weighted by atomic mass is 32.2. The zero-order valence-electron chi connectivity index (χ0n) is 18.3. The number of carbonyl (C=O) groups is 1.